The van der Waals surface area contributed by atoms with E-state index in [1.807, 2.05) is 0 Å². The monoisotopic (exact) mass is 303 g/mol. The fourth-order valence-corrected chi connectivity index (χ4v) is 4.38. The Balaban J connectivity index is 1.89. The van der Waals surface area contributed by atoms with Gasteiger partial charge in [0.25, 0.3) is 10.2 Å². The zero-order valence-corrected chi connectivity index (χ0v) is 13.8. The predicted octanol–water partition coefficient (Wildman–Crippen LogP) is 1.33. The zero-order valence-electron chi connectivity index (χ0n) is 13.0. The minimum atomic E-state index is -3.31. The lowest BCUT2D eigenvalue weighted by Gasteiger charge is -2.40. The van der Waals surface area contributed by atoms with Crippen molar-refractivity contribution in [3.8, 4) is 0 Å². The molecule has 2 N–H and O–H groups in total. The molecular formula is C14H29N3O2S. The maximum atomic E-state index is 12.3. The standard InChI is InChI=1S/C14H29N3O2S/c1-12-5-9-17(10-6-12)20(18,19)16-11-13-14(2,3)7-4-8-15-13/h12-13,15-16H,4-11H2,1-3H3. The summed E-state index contributed by atoms with van der Waals surface area (Å²) < 4.78 is 29.1. The second-order valence-corrected chi connectivity index (χ2v) is 8.79. The molecule has 0 aromatic rings. The van der Waals surface area contributed by atoms with Crippen LogP contribution in [-0.2, 0) is 10.2 Å². The van der Waals surface area contributed by atoms with E-state index in [9.17, 15) is 8.42 Å². The van der Waals surface area contributed by atoms with Crippen molar-refractivity contribution in [2.75, 3.05) is 26.2 Å². The van der Waals surface area contributed by atoms with Crippen molar-refractivity contribution in [2.24, 2.45) is 11.3 Å². The van der Waals surface area contributed by atoms with E-state index in [2.05, 4.69) is 30.8 Å². The maximum absolute atomic E-state index is 12.3. The molecule has 6 heteroatoms. The first-order chi connectivity index (χ1) is 9.31. The van der Waals surface area contributed by atoms with Crippen molar-refractivity contribution in [3.05, 3.63) is 0 Å². The van der Waals surface area contributed by atoms with Crippen LogP contribution in [0.15, 0.2) is 0 Å². The van der Waals surface area contributed by atoms with E-state index >= 15 is 0 Å². The molecule has 2 fully saturated rings. The van der Waals surface area contributed by atoms with Gasteiger partial charge in [-0.2, -0.15) is 12.7 Å². The average Bonchev–Trinajstić information content (AvgIpc) is 2.37. The van der Waals surface area contributed by atoms with Crippen LogP contribution in [-0.4, -0.2) is 44.9 Å². The lowest BCUT2D eigenvalue weighted by Crippen LogP contribution is -2.55. The lowest BCUT2D eigenvalue weighted by atomic mass is 9.78. The fourth-order valence-electron chi connectivity index (χ4n) is 3.12. The van der Waals surface area contributed by atoms with Gasteiger partial charge >= 0.3 is 0 Å². The quantitative estimate of drug-likeness (QED) is 0.824. The molecule has 2 aliphatic heterocycles. The van der Waals surface area contributed by atoms with Crippen LogP contribution < -0.4 is 10.0 Å². The van der Waals surface area contributed by atoms with E-state index in [0.29, 0.717) is 25.6 Å². The SMILES string of the molecule is CC1CCN(S(=O)(=O)NCC2NCCCC2(C)C)CC1. The molecule has 0 aliphatic carbocycles. The molecule has 0 aromatic carbocycles. The summed E-state index contributed by atoms with van der Waals surface area (Å²) in [5.41, 5.74) is 0.150. The Morgan fingerprint density at radius 1 is 1.30 bits per heavy atom. The van der Waals surface area contributed by atoms with E-state index in [4.69, 9.17) is 0 Å². The predicted molar refractivity (Wildman–Crippen MR) is 81.7 cm³/mol. The van der Waals surface area contributed by atoms with Crippen LogP contribution in [0.1, 0.15) is 46.5 Å². The van der Waals surface area contributed by atoms with E-state index in [0.717, 1.165) is 25.8 Å². The molecule has 118 valence electrons. The van der Waals surface area contributed by atoms with Crippen LogP contribution in [0.4, 0.5) is 0 Å². The van der Waals surface area contributed by atoms with Gasteiger partial charge in [-0.25, -0.2) is 4.72 Å². The van der Waals surface area contributed by atoms with Gasteiger partial charge in [0, 0.05) is 25.7 Å². The van der Waals surface area contributed by atoms with Crippen molar-refractivity contribution >= 4 is 10.2 Å². The molecule has 2 heterocycles. The Kier molecular flexibility index (Phi) is 5.10. The van der Waals surface area contributed by atoms with Crippen LogP contribution in [0, 0.1) is 11.3 Å². The number of nitrogens with one attached hydrogen (secondary N) is 2. The van der Waals surface area contributed by atoms with Gasteiger partial charge in [0.1, 0.15) is 0 Å². The molecule has 2 saturated heterocycles. The van der Waals surface area contributed by atoms with Crippen LogP contribution in [0.5, 0.6) is 0 Å². The summed E-state index contributed by atoms with van der Waals surface area (Å²) in [5.74, 6) is 0.639. The van der Waals surface area contributed by atoms with Crippen LogP contribution in [0.3, 0.4) is 0 Å². The van der Waals surface area contributed by atoms with Crippen molar-refractivity contribution in [2.45, 2.75) is 52.5 Å². The van der Waals surface area contributed by atoms with Gasteiger partial charge in [-0.15, -0.1) is 0 Å². The summed E-state index contributed by atoms with van der Waals surface area (Å²) in [6.45, 7) is 9.38. The molecule has 20 heavy (non-hydrogen) atoms. The molecule has 0 saturated carbocycles. The van der Waals surface area contributed by atoms with Gasteiger partial charge in [-0.05, 0) is 43.6 Å². The van der Waals surface area contributed by atoms with E-state index < -0.39 is 10.2 Å². The minimum Gasteiger partial charge on any atom is -0.312 e. The molecule has 0 spiro atoms. The fraction of sp³-hybridized carbons (Fsp3) is 1.00. The summed E-state index contributed by atoms with van der Waals surface area (Å²) in [5, 5.41) is 3.45. The topological polar surface area (TPSA) is 61.4 Å². The third kappa shape index (κ3) is 3.93. The average molecular weight is 303 g/mol. The normalized spacial score (nSPS) is 29.4. The zero-order chi connectivity index (χ0) is 14.8. The number of hydrogen-bond donors (Lipinski definition) is 2. The molecule has 1 unspecified atom stereocenters. The molecule has 0 aromatic heterocycles. The Labute approximate surface area is 123 Å². The van der Waals surface area contributed by atoms with Crippen molar-refractivity contribution in [1.29, 1.82) is 0 Å². The van der Waals surface area contributed by atoms with Gasteiger partial charge in [-0.3, -0.25) is 0 Å². The molecule has 0 radical (unpaired) electrons. The van der Waals surface area contributed by atoms with E-state index in [1.54, 1.807) is 4.31 Å². The smallest absolute Gasteiger partial charge is 0.279 e. The first kappa shape index (κ1) is 16.2. The van der Waals surface area contributed by atoms with E-state index in [-0.39, 0.29) is 11.5 Å². The largest absolute Gasteiger partial charge is 0.312 e. The Hall–Kier alpha value is -0.170. The second kappa shape index (κ2) is 6.30. The first-order valence-electron chi connectivity index (χ1n) is 7.79. The molecule has 1 atom stereocenters. The Bertz CT molecular complexity index is 414. The van der Waals surface area contributed by atoms with Crippen molar-refractivity contribution in [3.63, 3.8) is 0 Å². The van der Waals surface area contributed by atoms with Crippen molar-refractivity contribution < 1.29 is 8.42 Å². The summed E-state index contributed by atoms with van der Waals surface area (Å²) in [7, 11) is -3.31. The summed E-state index contributed by atoms with van der Waals surface area (Å²) in [6, 6.07) is 0.217. The van der Waals surface area contributed by atoms with Gasteiger partial charge in [-0.1, -0.05) is 20.8 Å². The molecular weight excluding hydrogens is 274 g/mol. The Morgan fingerprint density at radius 3 is 2.55 bits per heavy atom. The summed E-state index contributed by atoms with van der Waals surface area (Å²) >= 11 is 0. The number of rotatable bonds is 4. The highest BCUT2D eigenvalue weighted by Gasteiger charge is 2.34. The van der Waals surface area contributed by atoms with Crippen molar-refractivity contribution in [1.82, 2.24) is 14.3 Å². The number of hydrogen-bond acceptors (Lipinski definition) is 3. The van der Waals surface area contributed by atoms with Crippen LogP contribution in [0.2, 0.25) is 0 Å². The summed E-state index contributed by atoms with van der Waals surface area (Å²) in [4.78, 5) is 0. The highest BCUT2D eigenvalue weighted by molar-refractivity contribution is 7.87. The third-order valence-electron chi connectivity index (χ3n) is 4.88. The molecule has 2 aliphatic rings. The molecule has 0 amide bonds. The number of nitrogens with zero attached hydrogens (tertiary/aromatic N) is 1. The molecule has 2 rings (SSSR count). The number of piperidine rings is 2. The second-order valence-electron chi connectivity index (χ2n) is 7.03. The molecule has 5 nitrogen and oxygen atoms in total. The highest BCUT2D eigenvalue weighted by atomic mass is 32.2. The van der Waals surface area contributed by atoms with Gasteiger partial charge < -0.3 is 5.32 Å². The van der Waals surface area contributed by atoms with Gasteiger partial charge in [0.15, 0.2) is 0 Å². The maximum Gasteiger partial charge on any atom is 0.279 e. The third-order valence-corrected chi connectivity index (χ3v) is 6.46. The van der Waals surface area contributed by atoms with Crippen LogP contribution >= 0.6 is 0 Å². The van der Waals surface area contributed by atoms with Crippen LogP contribution in [0.25, 0.3) is 0 Å². The van der Waals surface area contributed by atoms with Gasteiger partial charge in [0.2, 0.25) is 0 Å². The molecule has 0 bridgehead atoms. The van der Waals surface area contributed by atoms with Gasteiger partial charge in [0.05, 0.1) is 0 Å². The minimum absolute atomic E-state index is 0.150. The van der Waals surface area contributed by atoms with E-state index in [1.165, 1.54) is 6.42 Å². The first-order valence-corrected chi connectivity index (χ1v) is 9.23. The summed E-state index contributed by atoms with van der Waals surface area (Å²) in [6.07, 6.45) is 4.25. The Morgan fingerprint density at radius 2 is 1.95 bits per heavy atom. The lowest BCUT2D eigenvalue weighted by molar-refractivity contribution is 0.180. The highest BCUT2D eigenvalue weighted by Crippen LogP contribution is 2.29.